The van der Waals surface area contributed by atoms with Crippen LogP contribution in [0.5, 0.6) is 0 Å². The monoisotopic (exact) mass is 310 g/mol. The fraction of sp³-hybridized carbons (Fsp3) is 0.550. The molecule has 1 saturated heterocycles. The van der Waals surface area contributed by atoms with Crippen molar-refractivity contribution in [3.63, 3.8) is 0 Å². The van der Waals surface area contributed by atoms with Crippen LogP contribution in [0.3, 0.4) is 0 Å². The topological polar surface area (TPSA) is 32.3 Å². The van der Waals surface area contributed by atoms with E-state index in [4.69, 9.17) is 6.42 Å². The highest BCUT2D eigenvalue weighted by atomic mass is 16.1. The van der Waals surface area contributed by atoms with Gasteiger partial charge >= 0.3 is 0 Å². The molecular weight excluding hydrogens is 284 g/mol. The number of likely N-dealkylation sites (tertiary alicyclic amines) is 1. The van der Waals surface area contributed by atoms with Gasteiger partial charge in [-0.25, -0.2) is 0 Å². The van der Waals surface area contributed by atoms with Crippen LogP contribution in [0.25, 0.3) is 0 Å². The third kappa shape index (κ3) is 5.11. The number of terminal acetylenes is 1. The Morgan fingerprint density at radius 3 is 2.74 bits per heavy atom. The molecule has 0 spiro atoms. The second-order valence-electron chi connectivity index (χ2n) is 6.97. The van der Waals surface area contributed by atoms with Gasteiger partial charge in [0.25, 0.3) is 0 Å². The van der Waals surface area contributed by atoms with Gasteiger partial charge in [-0.1, -0.05) is 18.1 Å². The Hall–Kier alpha value is -1.79. The average Bonchev–Trinajstić information content (AvgIpc) is 3.38. The summed E-state index contributed by atoms with van der Waals surface area (Å²) in [6.07, 6.45) is 11.9. The second kappa shape index (κ2) is 7.66. The van der Waals surface area contributed by atoms with Crippen molar-refractivity contribution >= 4 is 5.91 Å². The van der Waals surface area contributed by atoms with Crippen molar-refractivity contribution in [3.8, 4) is 12.3 Å². The van der Waals surface area contributed by atoms with E-state index in [1.54, 1.807) is 0 Å². The molecule has 3 nitrogen and oxygen atoms in total. The summed E-state index contributed by atoms with van der Waals surface area (Å²) in [4.78, 5) is 14.3. The Morgan fingerprint density at radius 2 is 2.04 bits per heavy atom. The minimum absolute atomic E-state index is 0.245. The molecule has 0 radical (unpaired) electrons. The predicted molar refractivity (Wildman–Crippen MR) is 92.8 cm³/mol. The Kier molecular flexibility index (Phi) is 5.35. The molecule has 1 aliphatic heterocycles. The van der Waals surface area contributed by atoms with Crippen molar-refractivity contribution in [3.05, 3.63) is 35.4 Å². The molecule has 23 heavy (non-hydrogen) atoms. The Labute approximate surface area is 139 Å². The predicted octanol–water partition coefficient (Wildman–Crippen LogP) is 2.94. The van der Waals surface area contributed by atoms with Crippen LogP contribution >= 0.6 is 0 Å². The van der Waals surface area contributed by atoms with Crippen LogP contribution in [0, 0.1) is 18.3 Å². The lowest BCUT2D eigenvalue weighted by Gasteiger charge is -2.32. The lowest BCUT2D eigenvalue weighted by atomic mass is 9.93. The minimum Gasteiger partial charge on any atom is -0.353 e. The summed E-state index contributed by atoms with van der Waals surface area (Å²) in [5.41, 5.74) is 2.25. The van der Waals surface area contributed by atoms with E-state index >= 15 is 0 Å². The van der Waals surface area contributed by atoms with E-state index < -0.39 is 0 Å². The third-order valence-corrected chi connectivity index (χ3v) is 4.85. The first-order valence-corrected chi connectivity index (χ1v) is 8.80. The molecule has 0 bridgehead atoms. The molecule has 1 aromatic rings. The van der Waals surface area contributed by atoms with E-state index in [0.29, 0.717) is 18.4 Å². The van der Waals surface area contributed by atoms with Crippen molar-refractivity contribution in [2.75, 3.05) is 13.1 Å². The zero-order chi connectivity index (χ0) is 16.1. The van der Waals surface area contributed by atoms with Crippen LogP contribution < -0.4 is 5.32 Å². The minimum atomic E-state index is 0.245. The molecule has 1 atom stereocenters. The van der Waals surface area contributed by atoms with E-state index in [1.807, 2.05) is 12.1 Å². The maximum atomic E-state index is 11.8. The second-order valence-corrected chi connectivity index (χ2v) is 6.97. The number of piperidine rings is 1. The molecular formula is C20H26N2O. The zero-order valence-corrected chi connectivity index (χ0v) is 13.8. The third-order valence-electron chi connectivity index (χ3n) is 4.85. The normalized spacial score (nSPS) is 21.6. The highest BCUT2D eigenvalue weighted by Gasteiger charge is 2.24. The Bertz CT molecular complexity index is 568. The molecule has 1 unspecified atom stereocenters. The van der Waals surface area contributed by atoms with Gasteiger partial charge < -0.3 is 5.32 Å². The standard InChI is InChI=1S/C20H26N2O/c1-2-16-5-7-18(8-6-16)15-22-13-3-4-17(14-22)9-12-20(23)21-19-10-11-19/h1,5-8,17,19H,3-4,9-15H2,(H,21,23). The van der Waals surface area contributed by atoms with Crippen LogP contribution in [0.4, 0.5) is 0 Å². The quantitative estimate of drug-likeness (QED) is 0.819. The van der Waals surface area contributed by atoms with E-state index in [-0.39, 0.29) is 5.91 Å². The molecule has 1 heterocycles. The smallest absolute Gasteiger partial charge is 0.220 e. The summed E-state index contributed by atoms with van der Waals surface area (Å²) in [6.45, 7) is 3.24. The van der Waals surface area contributed by atoms with Crippen LogP contribution in [-0.4, -0.2) is 29.9 Å². The number of nitrogens with zero attached hydrogens (tertiary/aromatic N) is 1. The first-order valence-electron chi connectivity index (χ1n) is 8.80. The zero-order valence-electron chi connectivity index (χ0n) is 13.8. The van der Waals surface area contributed by atoms with E-state index in [2.05, 4.69) is 28.3 Å². The largest absolute Gasteiger partial charge is 0.353 e. The maximum Gasteiger partial charge on any atom is 0.220 e. The summed E-state index contributed by atoms with van der Waals surface area (Å²) >= 11 is 0. The summed E-state index contributed by atoms with van der Waals surface area (Å²) in [7, 11) is 0. The summed E-state index contributed by atoms with van der Waals surface area (Å²) in [5, 5.41) is 3.09. The first kappa shape index (κ1) is 16.1. The number of hydrogen-bond donors (Lipinski definition) is 1. The Balaban J connectivity index is 1.43. The van der Waals surface area contributed by atoms with E-state index in [1.165, 1.54) is 31.2 Å². The fourth-order valence-electron chi connectivity index (χ4n) is 3.36. The number of hydrogen-bond acceptors (Lipinski definition) is 2. The molecule has 1 N–H and O–H groups in total. The molecule has 1 saturated carbocycles. The van der Waals surface area contributed by atoms with Crippen molar-refractivity contribution < 1.29 is 4.79 Å². The van der Waals surface area contributed by atoms with Gasteiger partial charge in [0.2, 0.25) is 5.91 Å². The number of amides is 1. The van der Waals surface area contributed by atoms with Gasteiger partial charge in [0.1, 0.15) is 0 Å². The maximum absolute atomic E-state index is 11.8. The Morgan fingerprint density at radius 1 is 1.26 bits per heavy atom. The highest BCUT2D eigenvalue weighted by Crippen LogP contribution is 2.23. The lowest BCUT2D eigenvalue weighted by Crippen LogP contribution is -2.35. The first-order chi connectivity index (χ1) is 11.2. The van der Waals surface area contributed by atoms with Gasteiger partial charge in [-0.15, -0.1) is 6.42 Å². The molecule has 0 aromatic heterocycles. The molecule has 2 aliphatic rings. The van der Waals surface area contributed by atoms with Crippen LogP contribution in [0.1, 0.15) is 49.7 Å². The number of nitrogens with one attached hydrogen (secondary N) is 1. The van der Waals surface area contributed by atoms with Gasteiger partial charge in [-0.3, -0.25) is 9.69 Å². The summed E-state index contributed by atoms with van der Waals surface area (Å²) in [6, 6.07) is 8.76. The van der Waals surface area contributed by atoms with Gasteiger partial charge in [0, 0.05) is 31.1 Å². The van der Waals surface area contributed by atoms with Crippen LogP contribution in [0.2, 0.25) is 0 Å². The van der Waals surface area contributed by atoms with Gasteiger partial charge in [-0.2, -0.15) is 0 Å². The number of benzene rings is 1. The molecule has 1 aliphatic carbocycles. The SMILES string of the molecule is C#Cc1ccc(CN2CCCC(CCC(=O)NC3CC3)C2)cc1. The van der Waals surface area contributed by atoms with Gasteiger partial charge in [0.05, 0.1) is 0 Å². The van der Waals surface area contributed by atoms with E-state index in [9.17, 15) is 4.79 Å². The molecule has 1 aromatic carbocycles. The lowest BCUT2D eigenvalue weighted by molar-refractivity contribution is -0.121. The molecule has 122 valence electrons. The molecule has 1 amide bonds. The summed E-state index contributed by atoms with van der Waals surface area (Å²) in [5.74, 6) is 3.55. The van der Waals surface area contributed by atoms with Crippen LogP contribution in [-0.2, 0) is 11.3 Å². The van der Waals surface area contributed by atoms with E-state index in [0.717, 1.165) is 31.6 Å². The van der Waals surface area contributed by atoms with Crippen molar-refractivity contribution in [2.24, 2.45) is 5.92 Å². The molecule has 3 rings (SSSR count). The molecule has 3 heteroatoms. The van der Waals surface area contributed by atoms with Crippen molar-refractivity contribution in [2.45, 2.75) is 51.1 Å². The number of rotatable bonds is 6. The average molecular weight is 310 g/mol. The van der Waals surface area contributed by atoms with Gasteiger partial charge in [0.15, 0.2) is 0 Å². The fourth-order valence-corrected chi connectivity index (χ4v) is 3.36. The van der Waals surface area contributed by atoms with Crippen molar-refractivity contribution in [1.82, 2.24) is 10.2 Å². The van der Waals surface area contributed by atoms with Crippen molar-refractivity contribution in [1.29, 1.82) is 0 Å². The number of carbonyl (C=O) groups excluding carboxylic acids is 1. The van der Waals surface area contributed by atoms with Crippen LogP contribution in [0.15, 0.2) is 24.3 Å². The van der Waals surface area contributed by atoms with Gasteiger partial charge in [-0.05, 0) is 62.3 Å². The number of carbonyl (C=O) groups is 1. The highest BCUT2D eigenvalue weighted by molar-refractivity contribution is 5.76. The molecule has 2 fully saturated rings. The summed E-state index contributed by atoms with van der Waals surface area (Å²) < 4.78 is 0.